The van der Waals surface area contributed by atoms with Gasteiger partial charge in [0, 0.05) is 67.4 Å². The first kappa shape index (κ1) is 30.9. The number of benzene rings is 2. The highest BCUT2D eigenvalue weighted by Gasteiger charge is 2.27. The summed E-state index contributed by atoms with van der Waals surface area (Å²) in [6.07, 6.45) is 1.33. The third-order valence-corrected chi connectivity index (χ3v) is 8.25. The zero-order chi connectivity index (χ0) is 30.7. The number of para-hydroxylation sites is 1. The first-order valence-electron chi connectivity index (χ1n) is 13.8. The summed E-state index contributed by atoms with van der Waals surface area (Å²) in [6, 6.07) is 14.0. The molecule has 42 heavy (non-hydrogen) atoms. The van der Waals surface area contributed by atoms with E-state index in [1.807, 2.05) is 39.0 Å². The van der Waals surface area contributed by atoms with Crippen molar-refractivity contribution in [3.8, 4) is 16.9 Å². The number of amides is 1. The van der Waals surface area contributed by atoms with E-state index < -0.39 is 15.6 Å². The monoisotopic (exact) mass is 596 g/mol. The van der Waals surface area contributed by atoms with Crippen molar-refractivity contribution in [2.45, 2.75) is 51.2 Å². The summed E-state index contributed by atoms with van der Waals surface area (Å²) >= 11 is 0. The molecular weight excluding hydrogens is 556 g/mol. The van der Waals surface area contributed by atoms with E-state index in [2.05, 4.69) is 19.9 Å². The van der Waals surface area contributed by atoms with Crippen LogP contribution in [0.25, 0.3) is 11.1 Å². The molecule has 1 fully saturated rings. The number of hydrogen-bond donors (Lipinski definition) is 3. The van der Waals surface area contributed by atoms with Gasteiger partial charge in [0.2, 0.25) is 10.0 Å². The lowest BCUT2D eigenvalue weighted by atomic mass is 10.0. The van der Waals surface area contributed by atoms with E-state index in [0.29, 0.717) is 48.9 Å². The van der Waals surface area contributed by atoms with Crippen molar-refractivity contribution >= 4 is 39.0 Å². The van der Waals surface area contributed by atoms with E-state index in [0.717, 1.165) is 11.3 Å². The Hall–Kier alpha value is -4.03. The van der Waals surface area contributed by atoms with Crippen LogP contribution >= 0.6 is 0 Å². The number of methoxy groups -OCH3 is 1. The minimum atomic E-state index is -3.77. The van der Waals surface area contributed by atoms with Gasteiger partial charge in [-0.05, 0) is 58.9 Å². The maximum absolute atomic E-state index is 13.0. The van der Waals surface area contributed by atoms with Gasteiger partial charge in [-0.2, -0.15) is 0 Å². The van der Waals surface area contributed by atoms with Crippen molar-refractivity contribution in [2.75, 3.05) is 49.2 Å². The number of nitrogens with zero attached hydrogens (tertiary/aromatic N) is 3. The topological polar surface area (TPSA) is 139 Å². The molecule has 0 saturated carbocycles. The molecule has 0 spiro atoms. The molecule has 4 rings (SSSR count). The van der Waals surface area contributed by atoms with Crippen molar-refractivity contribution < 1.29 is 22.7 Å². The van der Waals surface area contributed by atoms with E-state index in [4.69, 9.17) is 15.2 Å². The number of nitrogens with one attached hydrogen (secondary N) is 2. The Morgan fingerprint density at radius 3 is 2.33 bits per heavy atom. The molecule has 0 unspecified atom stereocenters. The Morgan fingerprint density at radius 1 is 1.00 bits per heavy atom. The van der Waals surface area contributed by atoms with Crippen molar-refractivity contribution in [3.05, 3.63) is 54.7 Å². The van der Waals surface area contributed by atoms with Gasteiger partial charge in [0.1, 0.15) is 22.1 Å². The molecule has 3 aromatic rings. The number of aromatic nitrogens is 1. The number of rotatable bonds is 8. The lowest BCUT2D eigenvalue weighted by molar-refractivity contribution is 0.0240. The SMILES string of the molecule is COc1cc(N2CCN(C(=O)OC(C)(C)C)CC2)ccc1-c1cnc(N)cc1Nc1ccccc1S(=O)(=O)NC(C)C. The molecule has 1 aliphatic heterocycles. The number of nitrogens with two attached hydrogens (primary N) is 1. The molecule has 0 radical (unpaired) electrons. The van der Waals surface area contributed by atoms with E-state index in [1.54, 1.807) is 62.4 Å². The molecule has 1 aliphatic rings. The van der Waals surface area contributed by atoms with Crippen LogP contribution in [-0.2, 0) is 14.8 Å². The van der Waals surface area contributed by atoms with Crippen molar-refractivity contribution in [3.63, 3.8) is 0 Å². The van der Waals surface area contributed by atoms with Crippen LogP contribution in [0.3, 0.4) is 0 Å². The van der Waals surface area contributed by atoms with Crippen molar-refractivity contribution in [1.29, 1.82) is 0 Å². The molecule has 0 atom stereocenters. The van der Waals surface area contributed by atoms with Crippen LogP contribution in [0.4, 0.5) is 27.7 Å². The second kappa shape index (κ2) is 12.5. The summed E-state index contributed by atoms with van der Waals surface area (Å²) in [7, 11) is -2.17. The Balaban J connectivity index is 1.61. The van der Waals surface area contributed by atoms with Gasteiger partial charge < -0.3 is 30.3 Å². The highest BCUT2D eigenvalue weighted by Crippen LogP contribution is 2.39. The number of carbonyl (C=O) groups excluding carboxylic acids is 1. The number of hydrogen-bond acceptors (Lipinski definition) is 9. The first-order valence-corrected chi connectivity index (χ1v) is 15.3. The fraction of sp³-hybridized carbons (Fsp3) is 0.400. The number of sulfonamides is 1. The van der Waals surface area contributed by atoms with Crippen LogP contribution in [0.5, 0.6) is 5.75 Å². The summed E-state index contributed by atoms with van der Waals surface area (Å²) in [4.78, 5) is 20.8. The first-order chi connectivity index (χ1) is 19.8. The summed E-state index contributed by atoms with van der Waals surface area (Å²) in [5.41, 5.74) is 8.88. The summed E-state index contributed by atoms with van der Waals surface area (Å²) in [6.45, 7) is 11.5. The smallest absolute Gasteiger partial charge is 0.410 e. The lowest BCUT2D eigenvalue weighted by Gasteiger charge is -2.37. The molecule has 2 heterocycles. The molecular formula is C30H40N6O5S. The number of pyridine rings is 1. The molecule has 0 aliphatic carbocycles. The van der Waals surface area contributed by atoms with Crippen molar-refractivity contribution in [2.24, 2.45) is 0 Å². The predicted octanol–water partition coefficient (Wildman–Crippen LogP) is 4.83. The van der Waals surface area contributed by atoms with E-state index >= 15 is 0 Å². The normalized spacial score (nSPS) is 14.2. The molecule has 4 N–H and O–H groups in total. The number of ether oxygens (including phenoxy) is 2. The van der Waals surface area contributed by atoms with Crippen LogP contribution < -0.4 is 25.4 Å². The summed E-state index contributed by atoms with van der Waals surface area (Å²) < 4.78 is 40.0. The maximum atomic E-state index is 13.0. The quantitative estimate of drug-likeness (QED) is 0.334. The maximum Gasteiger partial charge on any atom is 0.410 e. The second-order valence-corrected chi connectivity index (χ2v) is 13.1. The van der Waals surface area contributed by atoms with Gasteiger partial charge in [0.25, 0.3) is 0 Å². The van der Waals surface area contributed by atoms with Gasteiger partial charge in [0.15, 0.2) is 0 Å². The lowest BCUT2D eigenvalue weighted by Crippen LogP contribution is -2.50. The van der Waals surface area contributed by atoms with Gasteiger partial charge in [-0.25, -0.2) is 22.9 Å². The molecule has 1 amide bonds. The number of carbonyl (C=O) groups is 1. The van der Waals surface area contributed by atoms with Gasteiger partial charge >= 0.3 is 6.09 Å². The predicted molar refractivity (Wildman–Crippen MR) is 166 cm³/mol. The van der Waals surface area contributed by atoms with Gasteiger partial charge in [0.05, 0.1) is 18.5 Å². The molecule has 2 aromatic carbocycles. The Bertz CT molecular complexity index is 1530. The zero-order valence-electron chi connectivity index (χ0n) is 25.0. The van der Waals surface area contributed by atoms with Crippen LogP contribution in [0.15, 0.2) is 59.6 Å². The average Bonchev–Trinajstić information content (AvgIpc) is 2.92. The van der Waals surface area contributed by atoms with Crippen LogP contribution in [0.1, 0.15) is 34.6 Å². The molecule has 11 nitrogen and oxygen atoms in total. The Morgan fingerprint density at radius 2 is 1.69 bits per heavy atom. The fourth-order valence-electron chi connectivity index (χ4n) is 4.69. The minimum absolute atomic E-state index is 0.118. The zero-order valence-corrected chi connectivity index (χ0v) is 25.8. The largest absolute Gasteiger partial charge is 0.496 e. The van der Waals surface area contributed by atoms with Gasteiger partial charge in [-0.15, -0.1) is 0 Å². The molecule has 1 aromatic heterocycles. The standard InChI is InChI=1S/C30H40N6O5S/c1-20(2)34-42(38,39)27-10-8-7-9-24(27)33-25-18-28(31)32-19-23(25)22-12-11-21(17-26(22)40-6)35-13-15-36(16-14-35)29(37)41-30(3,4)5/h7-12,17-20,34H,13-16H2,1-6H3,(H3,31,32,33). The van der Waals surface area contributed by atoms with E-state index in [9.17, 15) is 13.2 Å². The van der Waals surface area contributed by atoms with Crippen LogP contribution in [0.2, 0.25) is 0 Å². The van der Waals surface area contributed by atoms with E-state index in [1.165, 1.54) is 0 Å². The Labute approximate surface area is 248 Å². The molecule has 226 valence electrons. The third kappa shape index (κ3) is 7.42. The van der Waals surface area contributed by atoms with Crippen LogP contribution in [0, 0.1) is 0 Å². The fourth-order valence-corrected chi connectivity index (χ4v) is 6.10. The number of piperazine rings is 1. The highest BCUT2D eigenvalue weighted by molar-refractivity contribution is 7.89. The molecule has 1 saturated heterocycles. The van der Waals surface area contributed by atoms with Crippen LogP contribution in [-0.4, -0.2) is 69.3 Å². The van der Waals surface area contributed by atoms with Gasteiger partial charge in [-0.1, -0.05) is 12.1 Å². The number of anilines is 4. The Kier molecular flexibility index (Phi) is 9.17. The van der Waals surface area contributed by atoms with E-state index in [-0.39, 0.29) is 22.8 Å². The third-order valence-electron chi connectivity index (χ3n) is 6.53. The van der Waals surface area contributed by atoms with Gasteiger partial charge in [-0.3, -0.25) is 0 Å². The number of nitrogen functional groups attached to an aromatic ring is 1. The highest BCUT2D eigenvalue weighted by atomic mass is 32.2. The second-order valence-electron chi connectivity index (χ2n) is 11.4. The minimum Gasteiger partial charge on any atom is -0.496 e. The summed E-state index contributed by atoms with van der Waals surface area (Å²) in [5.74, 6) is 0.888. The summed E-state index contributed by atoms with van der Waals surface area (Å²) in [5, 5.41) is 3.27. The van der Waals surface area contributed by atoms with Crippen molar-refractivity contribution in [1.82, 2.24) is 14.6 Å². The average molecular weight is 597 g/mol. The molecule has 12 heteroatoms. The molecule has 0 bridgehead atoms.